The zero-order valence-electron chi connectivity index (χ0n) is 12.0. The lowest BCUT2D eigenvalue weighted by Crippen LogP contribution is -2.31. The van der Waals surface area contributed by atoms with Crippen molar-refractivity contribution in [3.05, 3.63) is 54.3 Å². The highest BCUT2D eigenvalue weighted by Crippen LogP contribution is 2.32. The predicted molar refractivity (Wildman–Crippen MR) is 77.1 cm³/mol. The summed E-state index contributed by atoms with van der Waals surface area (Å²) >= 11 is 0. The highest BCUT2D eigenvalue weighted by atomic mass is 16.6. The van der Waals surface area contributed by atoms with Crippen molar-refractivity contribution in [3.8, 4) is 5.75 Å². The van der Waals surface area contributed by atoms with E-state index in [0.29, 0.717) is 12.3 Å². The molecule has 1 aromatic carbocycles. The monoisotopic (exact) mass is 301 g/mol. The molecule has 1 aromatic rings. The van der Waals surface area contributed by atoms with E-state index >= 15 is 0 Å². The molecule has 0 aromatic heterocycles. The number of benzene rings is 1. The average Bonchev–Trinajstić information content (AvgIpc) is 3.36. The van der Waals surface area contributed by atoms with Crippen LogP contribution >= 0.6 is 0 Å². The zero-order chi connectivity index (χ0) is 15.5. The van der Waals surface area contributed by atoms with Crippen molar-refractivity contribution in [2.75, 3.05) is 13.7 Å². The lowest BCUT2D eigenvalue weighted by atomic mass is 10.1. The maximum Gasteiger partial charge on any atom is 0.419 e. The highest BCUT2D eigenvalue weighted by Gasteiger charge is 2.48. The van der Waals surface area contributed by atoms with Crippen molar-refractivity contribution in [3.63, 3.8) is 0 Å². The molecule has 0 aliphatic carbocycles. The maximum atomic E-state index is 12.0. The molecular weight excluding hydrogens is 286 g/mol. The third-order valence-electron chi connectivity index (χ3n) is 3.41. The second-order valence-corrected chi connectivity index (χ2v) is 4.85. The summed E-state index contributed by atoms with van der Waals surface area (Å²) in [4.78, 5) is 24.8. The van der Waals surface area contributed by atoms with Crippen LogP contribution in [0.3, 0.4) is 0 Å². The Bertz CT molecular complexity index is 637. The molecule has 1 fully saturated rings. The molecule has 22 heavy (non-hydrogen) atoms. The summed E-state index contributed by atoms with van der Waals surface area (Å²) in [6.07, 6.45) is 3.92. The molecule has 2 atom stereocenters. The van der Waals surface area contributed by atoms with Crippen molar-refractivity contribution in [2.24, 2.45) is 0 Å². The van der Waals surface area contributed by atoms with E-state index in [9.17, 15) is 9.59 Å². The Hall–Kier alpha value is -2.60. The number of rotatable bonds is 3. The number of methoxy groups -OCH3 is 1. The zero-order valence-corrected chi connectivity index (χ0v) is 12.0. The molecule has 2 aliphatic rings. The van der Waals surface area contributed by atoms with Gasteiger partial charge in [0.2, 0.25) is 0 Å². The summed E-state index contributed by atoms with van der Waals surface area (Å²) < 4.78 is 15.1. The van der Waals surface area contributed by atoms with Gasteiger partial charge in [0.05, 0.1) is 7.11 Å². The summed E-state index contributed by atoms with van der Waals surface area (Å²) in [7, 11) is 1.33. The van der Waals surface area contributed by atoms with E-state index in [2.05, 4.69) is 4.74 Å². The number of epoxide rings is 1. The molecule has 6 heteroatoms. The van der Waals surface area contributed by atoms with Crippen LogP contribution < -0.4 is 4.74 Å². The fraction of sp³-hybridized carbons (Fsp3) is 0.250. The number of nitrogens with zero attached hydrogens (tertiary/aromatic N) is 1. The molecule has 2 heterocycles. The van der Waals surface area contributed by atoms with Gasteiger partial charge in [-0.05, 0) is 23.8 Å². The van der Waals surface area contributed by atoms with Gasteiger partial charge < -0.3 is 14.2 Å². The second-order valence-electron chi connectivity index (χ2n) is 4.85. The van der Waals surface area contributed by atoms with Gasteiger partial charge in [-0.1, -0.05) is 24.3 Å². The lowest BCUT2D eigenvalue weighted by Gasteiger charge is -2.19. The first-order valence-corrected chi connectivity index (χ1v) is 6.84. The Morgan fingerprint density at radius 3 is 2.68 bits per heavy atom. The van der Waals surface area contributed by atoms with Crippen LogP contribution in [0.25, 0.3) is 0 Å². The average molecular weight is 301 g/mol. The molecule has 0 spiro atoms. The quantitative estimate of drug-likeness (QED) is 0.630. The number of amides is 1. The topological polar surface area (TPSA) is 68.4 Å². The molecule has 6 nitrogen and oxygen atoms in total. The summed E-state index contributed by atoms with van der Waals surface area (Å²) in [5.41, 5.74) is 0.860. The number of carbonyl (C=O) groups is 2. The van der Waals surface area contributed by atoms with Crippen molar-refractivity contribution in [2.45, 2.75) is 12.2 Å². The molecule has 0 N–H and O–H groups in total. The Morgan fingerprint density at radius 1 is 1.27 bits per heavy atom. The summed E-state index contributed by atoms with van der Waals surface area (Å²) in [5, 5.41) is 0. The van der Waals surface area contributed by atoms with Gasteiger partial charge in [-0.15, -0.1) is 0 Å². The van der Waals surface area contributed by atoms with Gasteiger partial charge in [-0.2, -0.15) is 0 Å². The van der Waals surface area contributed by atoms with E-state index in [-0.39, 0.29) is 12.1 Å². The van der Waals surface area contributed by atoms with E-state index < -0.39 is 12.2 Å². The van der Waals surface area contributed by atoms with Gasteiger partial charge in [0.15, 0.2) is 6.10 Å². The van der Waals surface area contributed by atoms with Crippen LogP contribution in [0.4, 0.5) is 4.79 Å². The van der Waals surface area contributed by atoms with E-state index in [1.807, 2.05) is 12.1 Å². The Balaban J connectivity index is 1.55. The smallest absolute Gasteiger partial charge is 0.419 e. The Kier molecular flexibility index (Phi) is 3.93. The van der Waals surface area contributed by atoms with E-state index in [4.69, 9.17) is 9.47 Å². The van der Waals surface area contributed by atoms with Crippen molar-refractivity contribution in [1.82, 2.24) is 4.90 Å². The summed E-state index contributed by atoms with van der Waals surface area (Å²) in [6, 6.07) is 8.87. The Labute approximate surface area is 127 Å². The molecule has 114 valence electrons. The number of hydrogen-bond donors (Lipinski definition) is 0. The fourth-order valence-electron chi connectivity index (χ4n) is 2.16. The first-order valence-electron chi connectivity index (χ1n) is 6.84. The third kappa shape index (κ3) is 3.01. The first kappa shape index (κ1) is 14.3. The van der Waals surface area contributed by atoms with Gasteiger partial charge >= 0.3 is 12.1 Å². The summed E-state index contributed by atoms with van der Waals surface area (Å²) in [5.74, 6) is 0.108. The van der Waals surface area contributed by atoms with E-state index in [1.165, 1.54) is 12.0 Å². The lowest BCUT2D eigenvalue weighted by molar-refractivity contribution is -0.142. The second kappa shape index (κ2) is 6.03. The third-order valence-corrected chi connectivity index (χ3v) is 3.41. The number of para-hydroxylation sites is 1. The van der Waals surface area contributed by atoms with Crippen LogP contribution in [-0.2, 0) is 14.3 Å². The Morgan fingerprint density at radius 2 is 2.05 bits per heavy atom. The maximum absolute atomic E-state index is 12.0. The number of hydrogen-bond acceptors (Lipinski definition) is 5. The number of carbonyl (C=O) groups excluding carboxylic acids is 2. The fourth-order valence-corrected chi connectivity index (χ4v) is 2.16. The van der Waals surface area contributed by atoms with Gasteiger partial charge in [0.25, 0.3) is 0 Å². The number of esters is 1. The SMILES string of the molecule is COC(=O)[C@@H]1O[C@H]1C1=CCN(C(=O)Oc2ccccc2)C=C1. The largest absolute Gasteiger partial charge is 0.467 e. The van der Waals surface area contributed by atoms with Crippen LogP contribution in [0.1, 0.15) is 0 Å². The van der Waals surface area contributed by atoms with Gasteiger partial charge in [-0.25, -0.2) is 9.59 Å². The van der Waals surface area contributed by atoms with Gasteiger partial charge in [0, 0.05) is 12.7 Å². The predicted octanol–water partition coefficient (Wildman–Crippen LogP) is 1.88. The molecule has 3 rings (SSSR count). The molecule has 2 aliphatic heterocycles. The van der Waals surface area contributed by atoms with Crippen LogP contribution in [0.2, 0.25) is 0 Å². The minimum Gasteiger partial charge on any atom is -0.467 e. The highest BCUT2D eigenvalue weighted by molar-refractivity contribution is 5.79. The van der Waals surface area contributed by atoms with Gasteiger partial charge in [0.1, 0.15) is 11.9 Å². The van der Waals surface area contributed by atoms with Crippen molar-refractivity contribution < 1.29 is 23.8 Å². The minimum absolute atomic E-state index is 0.281. The normalized spacial score (nSPS) is 22.8. The molecule has 0 saturated carbocycles. The van der Waals surface area contributed by atoms with E-state index in [1.54, 1.807) is 36.5 Å². The van der Waals surface area contributed by atoms with Crippen molar-refractivity contribution >= 4 is 12.1 Å². The summed E-state index contributed by atoms with van der Waals surface area (Å²) in [6.45, 7) is 0.366. The van der Waals surface area contributed by atoms with Crippen LogP contribution in [-0.4, -0.2) is 42.8 Å². The molecule has 0 bridgehead atoms. The van der Waals surface area contributed by atoms with Crippen LogP contribution in [0, 0.1) is 0 Å². The first-order chi connectivity index (χ1) is 10.7. The minimum atomic E-state index is -0.538. The molecule has 1 amide bonds. The number of ether oxygens (including phenoxy) is 3. The molecule has 1 saturated heterocycles. The molecule has 0 unspecified atom stereocenters. The van der Waals surface area contributed by atoms with Crippen LogP contribution in [0.15, 0.2) is 54.3 Å². The van der Waals surface area contributed by atoms with Gasteiger partial charge in [-0.3, -0.25) is 4.90 Å². The molecular formula is C16H15NO5. The van der Waals surface area contributed by atoms with Crippen molar-refractivity contribution in [1.29, 1.82) is 0 Å². The standard InChI is InChI=1S/C16H15NO5/c1-20-15(18)14-13(22-14)11-7-9-17(10-8-11)16(19)21-12-5-3-2-4-6-12/h2-9,13-14H,10H2,1H3/t13-,14+/m0/s1. The van der Waals surface area contributed by atoms with Crippen LogP contribution in [0.5, 0.6) is 5.75 Å². The van der Waals surface area contributed by atoms with E-state index in [0.717, 1.165) is 5.57 Å². The molecule has 0 radical (unpaired) electrons.